The van der Waals surface area contributed by atoms with Crippen molar-refractivity contribution in [2.24, 2.45) is 0 Å². The monoisotopic (exact) mass is 444 g/mol. The Morgan fingerprint density at radius 1 is 1.16 bits per heavy atom. The van der Waals surface area contributed by atoms with Crippen molar-refractivity contribution in [2.45, 2.75) is 36.6 Å². The molecule has 4 aromatic rings. The Hall–Kier alpha value is -3.57. The molecule has 2 heterocycles. The first kappa shape index (κ1) is 20.3. The first-order valence-electron chi connectivity index (χ1n) is 10.5. The normalized spacial score (nSPS) is 14.0. The molecule has 0 atom stereocenters. The van der Waals surface area contributed by atoms with Crippen LogP contribution in [0.5, 0.6) is 0 Å². The lowest BCUT2D eigenvalue weighted by molar-refractivity contribution is 0.532. The molecule has 32 heavy (non-hydrogen) atoms. The standard InChI is InChI=1S/C24H21FN6S/c25-19-11-15(9-10-20(19)30-32-21-8-4-1-5-16(21)12-26)18-13-31(17-6-2-3-7-17)24-22(18)23(27)28-14-29-24/h1,4-5,8-11,13-14,17,30H,2-3,6-7H2,(H2,27,28,29). The van der Waals surface area contributed by atoms with Crippen molar-refractivity contribution < 1.29 is 4.39 Å². The Morgan fingerprint density at radius 2 is 1.97 bits per heavy atom. The lowest BCUT2D eigenvalue weighted by atomic mass is 10.1. The number of nitrogens with one attached hydrogen (secondary N) is 1. The number of rotatable bonds is 5. The largest absolute Gasteiger partial charge is 0.383 e. The number of benzene rings is 2. The van der Waals surface area contributed by atoms with Crippen LogP contribution in [0, 0.1) is 17.1 Å². The van der Waals surface area contributed by atoms with Crippen LogP contribution in [0.3, 0.4) is 0 Å². The van der Waals surface area contributed by atoms with Gasteiger partial charge in [0, 0.05) is 22.7 Å². The highest BCUT2D eigenvalue weighted by atomic mass is 32.2. The molecule has 3 N–H and O–H groups in total. The zero-order valence-corrected chi connectivity index (χ0v) is 18.1. The van der Waals surface area contributed by atoms with E-state index in [1.807, 2.05) is 24.4 Å². The molecule has 0 radical (unpaired) electrons. The number of hydrogen-bond donors (Lipinski definition) is 2. The molecule has 0 unspecified atom stereocenters. The van der Waals surface area contributed by atoms with Crippen LogP contribution >= 0.6 is 11.9 Å². The van der Waals surface area contributed by atoms with Gasteiger partial charge in [0.1, 0.15) is 29.7 Å². The van der Waals surface area contributed by atoms with Crippen LogP contribution in [0.2, 0.25) is 0 Å². The minimum absolute atomic E-state index is 0.343. The highest BCUT2D eigenvalue weighted by molar-refractivity contribution is 8.00. The SMILES string of the molecule is N#Cc1ccccc1SNc1ccc(-c2cn(C3CCCC3)c3ncnc(N)c23)cc1F. The van der Waals surface area contributed by atoms with Gasteiger partial charge in [-0.2, -0.15) is 5.26 Å². The van der Waals surface area contributed by atoms with Crippen LogP contribution in [0.15, 0.2) is 59.9 Å². The van der Waals surface area contributed by atoms with Crippen molar-refractivity contribution in [1.82, 2.24) is 14.5 Å². The van der Waals surface area contributed by atoms with Crippen molar-refractivity contribution in [1.29, 1.82) is 5.26 Å². The highest BCUT2D eigenvalue weighted by Gasteiger charge is 2.23. The molecule has 2 aromatic heterocycles. The second-order valence-corrected chi connectivity index (χ2v) is 8.70. The molecular weight excluding hydrogens is 423 g/mol. The van der Waals surface area contributed by atoms with E-state index < -0.39 is 0 Å². The fraction of sp³-hybridized carbons (Fsp3) is 0.208. The molecule has 0 spiro atoms. The van der Waals surface area contributed by atoms with Gasteiger partial charge in [-0.3, -0.25) is 0 Å². The number of halogens is 1. The van der Waals surface area contributed by atoms with Crippen molar-refractivity contribution in [2.75, 3.05) is 10.5 Å². The molecule has 0 aliphatic heterocycles. The maximum atomic E-state index is 15.0. The zero-order chi connectivity index (χ0) is 22.1. The third kappa shape index (κ3) is 3.65. The number of fused-ring (bicyclic) bond motifs is 1. The molecule has 1 aliphatic carbocycles. The molecule has 1 aliphatic rings. The number of nitrogens with two attached hydrogens (primary N) is 1. The number of nitrogen functional groups attached to an aromatic ring is 1. The summed E-state index contributed by atoms with van der Waals surface area (Å²) in [6, 6.07) is 14.8. The maximum Gasteiger partial charge on any atom is 0.147 e. The fourth-order valence-corrected chi connectivity index (χ4v) is 5.07. The molecule has 1 fully saturated rings. The molecule has 1 saturated carbocycles. The summed E-state index contributed by atoms with van der Waals surface area (Å²) in [5.41, 5.74) is 9.44. The second-order valence-electron chi connectivity index (χ2n) is 7.85. The first-order chi connectivity index (χ1) is 15.7. The van der Waals surface area contributed by atoms with Crippen molar-refractivity contribution in [3.05, 3.63) is 66.4 Å². The first-order valence-corrected chi connectivity index (χ1v) is 11.3. The average Bonchev–Trinajstić information content (AvgIpc) is 3.47. The highest BCUT2D eigenvalue weighted by Crippen LogP contribution is 2.39. The molecule has 6 nitrogen and oxygen atoms in total. The van der Waals surface area contributed by atoms with Gasteiger partial charge in [0.15, 0.2) is 0 Å². The number of aromatic nitrogens is 3. The molecule has 8 heteroatoms. The Labute approximate surface area is 189 Å². The number of anilines is 2. The predicted octanol–water partition coefficient (Wildman–Crippen LogP) is 5.93. The Morgan fingerprint density at radius 3 is 2.75 bits per heavy atom. The van der Waals surface area contributed by atoms with Crippen LogP contribution < -0.4 is 10.5 Å². The topological polar surface area (TPSA) is 92.5 Å². The van der Waals surface area contributed by atoms with Crippen LogP contribution in [0.25, 0.3) is 22.2 Å². The molecule has 0 saturated heterocycles. The fourth-order valence-electron chi connectivity index (χ4n) is 4.31. The van der Waals surface area contributed by atoms with E-state index in [0.29, 0.717) is 23.1 Å². The minimum atomic E-state index is -0.387. The Kier molecular flexibility index (Phi) is 5.41. The number of nitriles is 1. The summed E-state index contributed by atoms with van der Waals surface area (Å²) in [4.78, 5) is 9.40. The van der Waals surface area contributed by atoms with Gasteiger partial charge in [0.05, 0.1) is 16.6 Å². The predicted molar refractivity (Wildman–Crippen MR) is 125 cm³/mol. The van der Waals surface area contributed by atoms with Crippen molar-refractivity contribution >= 4 is 34.5 Å². The Bertz CT molecular complexity index is 1340. The smallest absolute Gasteiger partial charge is 0.147 e. The lowest BCUT2D eigenvalue weighted by Crippen LogP contribution is -2.04. The minimum Gasteiger partial charge on any atom is -0.383 e. The van der Waals surface area contributed by atoms with Gasteiger partial charge in [-0.25, -0.2) is 14.4 Å². The second kappa shape index (κ2) is 8.52. The lowest BCUT2D eigenvalue weighted by Gasteiger charge is -2.12. The van der Waals surface area contributed by atoms with Crippen LogP contribution in [-0.4, -0.2) is 14.5 Å². The van der Waals surface area contributed by atoms with Gasteiger partial charge in [0.2, 0.25) is 0 Å². The van der Waals surface area contributed by atoms with Gasteiger partial charge in [-0.15, -0.1) is 0 Å². The van der Waals surface area contributed by atoms with E-state index in [4.69, 9.17) is 5.73 Å². The van der Waals surface area contributed by atoms with Crippen LogP contribution in [0.1, 0.15) is 37.3 Å². The summed E-state index contributed by atoms with van der Waals surface area (Å²) >= 11 is 1.21. The van der Waals surface area contributed by atoms with Crippen molar-refractivity contribution in [3.8, 4) is 17.2 Å². The molecule has 5 rings (SSSR count). The zero-order valence-electron chi connectivity index (χ0n) is 17.3. The van der Waals surface area contributed by atoms with E-state index in [1.165, 1.54) is 37.2 Å². The quantitative estimate of drug-likeness (QED) is 0.371. The number of nitrogens with zero attached hydrogens (tertiary/aromatic N) is 4. The number of hydrogen-bond acceptors (Lipinski definition) is 6. The van der Waals surface area contributed by atoms with E-state index >= 15 is 4.39 Å². The van der Waals surface area contributed by atoms with Gasteiger partial charge in [-0.05, 0) is 54.6 Å². The summed E-state index contributed by atoms with van der Waals surface area (Å²) in [5.74, 6) is 0.00893. The van der Waals surface area contributed by atoms with Gasteiger partial charge >= 0.3 is 0 Å². The molecular formula is C24H21FN6S. The van der Waals surface area contributed by atoms with Crippen LogP contribution in [0.4, 0.5) is 15.9 Å². The summed E-state index contributed by atoms with van der Waals surface area (Å²) in [7, 11) is 0. The van der Waals surface area contributed by atoms with Gasteiger partial charge in [0.25, 0.3) is 0 Å². The van der Waals surface area contributed by atoms with Crippen molar-refractivity contribution in [3.63, 3.8) is 0 Å². The summed E-state index contributed by atoms with van der Waals surface area (Å²) in [5, 5.41) is 10.00. The summed E-state index contributed by atoms with van der Waals surface area (Å²) in [6.07, 6.45) is 8.11. The summed E-state index contributed by atoms with van der Waals surface area (Å²) in [6.45, 7) is 0. The van der Waals surface area contributed by atoms with E-state index in [9.17, 15) is 5.26 Å². The molecule has 160 valence electrons. The average molecular weight is 445 g/mol. The maximum absolute atomic E-state index is 15.0. The van der Waals surface area contributed by atoms with Crippen LogP contribution in [-0.2, 0) is 0 Å². The van der Waals surface area contributed by atoms with E-state index in [0.717, 1.165) is 39.9 Å². The third-order valence-corrected chi connectivity index (χ3v) is 6.81. The Balaban J connectivity index is 1.48. The summed E-state index contributed by atoms with van der Waals surface area (Å²) < 4.78 is 20.2. The van der Waals surface area contributed by atoms with Gasteiger partial charge in [-0.1, -0.05) is 31.0 Å². The van der Waals surface area contributed by atoms with E-state index in [2.05, 4.69) is 25.3 Å². The third-order valence-electron chi connectivity index (χ3n) is 5.92. The van der Waals surface area contributed by atoms with E-state index in [1.54, 1.807) is 18.2 Å². The van der Waals surface area contributed by atoms with Gasteiger partial charge < -0.3 is 15.0 Å². The van der Waals surface area contributed by atoms with E-state index in [-0.39, 0.29) is 5.82 Å². The molecule has 0 bridgehead atoms. The molecule has 0 amide bonds. The molecule has 2 aromatic carbocycles.